The van der Waals surface area contributed by atoms with Crippen molar-refractivity contribution in [3.63, 3.8) is 0 Å². The molecule has 2 atom stereocenters. The van der Waals surface area contributed by atoms with Gasteiger partial charge in [0.2, 0.25) is 11.2 Å². The zero-order chi connectivity index (χ0) is 13.9. The first-order valence-electron chi connectivity index (χ1n) is 6.40. The average Bonchev–Trinajstić information content (AvgIpc) is 3.08. The molecule has 0 aromatic carbocycles. The zero-order valence-corrected chi connectivity index (χ0v) is 11.4. The van der Waals surface area contributed by atoms with Crippen LogP contribution in [0.3, 0.4) is 0 Å². The number of aliphatic hydroxyl groups excluding tert-OH is 1. The summed E-state index contributed by atoms with van der Waals surface area (Å²) in [6.45, 7) is 0.159. The van der Waals surface area contributed by atoms with E-state index in [1.54, 1.807) is 0 Å². The molecule has 1 saturated carbocycles. The smallest absolute Gasteiger partial charge is 0.258 e. The van der Waals surface area contributed by atoms with Crippen molar-refractivity contribution in [3.8, 4) is 5.95 Å². The summed E-state index contributed by atoms with van der Waals surface area (Å²) in [4.78, 5) is 16.2. The van der Waals surface area contributed by atoms with Crippen LogP contribution < -0.4 is 5.32 Å². The van der Waals surface area contributed by atoms with Crippen molar-refractivity contribution in [1.29, 1.82) is 0 Å². The molecule has 1 fully saturated rings. The number of halogens is 1. The van der Waals surface area contributed by atoms with E-state index in [-0.39, 0.29) is 23.9 Å². The molecule has 2 unspecified atom stereocenters. The van der Waals surface area contributed by atoms with Gasteiger partial charge in [0.05, 0.1) is 0 Å². The lowest BCUT2D eigenvalue weighted by Crippen LogP contribution is -2.27. The number of nitrogens with zero attached hydrogens (tertiary/aromatic N) is 6. The van der Waals surface area contributed by atoms with Crippen LogP contribution in [0.2, 0.25) is 5.28 Å². The normalized spacial score (nSPS) is 22.1. The van der Waals surface area contributed by atoms with Gasteiger partial charge in [-0.3, -0.25) is 0 Å². The van der Waals surface area contributed by atoms with Crippen LogP contribution in [0.4, 0.5) is 5.95 Å². The Bertz CT molecular complexity index is 576. The molecule has 3 rings (SSSR count). The van der Waals surface area contributed by atoms with Crippen LogP contribution in [-0.4, -0.2) is 47.5 Å². The van der Waals surface area contributed by atoms with Crippen LogP contribution in [-0.2, 0) is 0 Å². The predicted molar refractivity (Wildman–Crippen MR) is 71.6 cm³/mol. The number of hydrogen-bond donors (Lipinski definition) is 2. The molecular formula is C11H14ClN7O. The second-order valence-electron chi connectivity index (χ2n) is 4.69. The van der Waals surface area contributed by atoms with Gasteiger partial charge in [-0.25, -0.2) is 4.98 Å². The fourth-order valence-electron chi connectivity index (χ4n) is 2.43. The van der Waals surface area contributed by atoms with Crippen molar-refractivity contribution in [2.75, 3.05) is 11.9 Å². The molecule has 0 radical (unpaired) electrons. The maximum absolute atomic E-state index is 9.33. The average molecular weight is 296 g/mol. The maximum atomic E-state index is 9.33. The number of aliphatic hydroxyl groups is 1. The second-order valence-corrected chi connectivity index (χ2v) is 5.03. The highest BCUT2D eigenvalue weighted by Crippen LogP contribution is 2.27. The van der Waals surface area contributed by atoms with Crippen molar-refractivity contribution in [2.45, 2.75) is 25.3 Å². The largest absolute Gasteiger partial charge is 0.396 e. The summed E-state index contributed by atoms with van der Waals surface area (Å²) in [5.74, 6) is 0.921. The highest BCUT2D eigenvalue weighted by atomic mass is 35.5. The number of hydrogen-bond acceptors (Lipinski definition) is 7. The van der Waals surface area contributed by atoms with Gasteiger partial charge in [-0.2, -0.15) is 24.7 Å². The van der Waals surface area contributed by atoms with Crippen LogP contribution >= 0.6 is 11.6 Å². The Morgan fingerprint density at radius 1 is 1.35 bits per heavy atom. The van der Waals surface area contributed by atoms with Crippen molar-refractivity contribution in [1.82, 2.24) is 29.7 Å². The predicted octanol–water partition coefficient (Wildman–Crippen LogP) is 0.679. The first-order valence-corrected chi connectivity index (χ1v) is 6.78. The summed E-state index contributed by atoms with van der Waals surface area (Å²) >= 11 is 5.91. The Labute approximate surface area is 120 Å². The van der Waals surface area contributed by atoms with E-state index in [9.17, 15) is 5.11 Å². The molecule has 1 aliphatic rings. The van der Waals surface area contributed by atoms with Crippen LogP contribution in [0, 0.1) is 5.92 Å². The monoisotopic (exact) mass is 295 g/mol. The molecule has 0 saturated heterocycles. The number of aromatic nitrogens is 6. The van der Waals surface area contributed by atoms with E-state index in [4.69, 9.17) is 11.6 Å². The molecule has 2 aromatic heterocycles. The zero-order valence-electron chi connectivity index (χ0n) is 10.6. The molecule has 9 heteroatoms. The van der Waals surface area contributed by atoms with Gasteiger partial charge in [-0.1, -0.05) is 6.42 Å². The van der Waals surface area contributed by atoms with Crippen LogP contribution in [0.25, 0.3) is 5.95 Å². The maximum Gasteiger partial charge on any atom is 0.258 e. The summed E-state index contributed by atoms with van der Waals surface area (Å²) in [6, 6.07) is 0.155. The fraction of sp³-hybridized carbons (Fsp3) is 0.545. The van der Waals surface area contributed by atoms with Crippen molar-refractivity contribution in [2.24, 2.45) is 5.92 Å². The molecule has 0 spiro atoms. The van der Waals surface area contributed by atoms with Gasteiger partial charge in [-0.15, -0.1) is 0 Å². The molecule has 2 aromatic rings. The van der Waals surface area contributed by atoms with Crippen LogP contribution in [0.1, 0.15) is 19.3 Å². The summed E-state index contributed by atoms with van der Waals surface area (Å²) in [5, 5.41) is 16.6. The highest BCUT2D eigenvalue weighted by molar-refractivity contribution is 6.28. The molecule has 106 valence electrons. The molecule has 2 heterocycles. The van der Waals surface area contributed by atoms with Gasteiger partial charge in [0.15, 0.2) is 0 Å². The van der Waals surface area contributed by atoms with Crippen molar-refractivity contribution >= 4 is 17.5 Å². The molecule has 0 bridgehead atoms. The van der Waals surface area contributed by atoms with Crippen molar-refractivity contribution in [3.05, 3.63) is 17.9 Å². The Morgan fingerprint density at radius 3 is 3.00 bits per heavy atom. The van der Waals surface area contributed by atoms with E-state index in [2.05, 4.69) is 30.4 Å². The Kier molecular flexibility index (Phi) is 3.75. The standard InChI is InChI=1S/C11H14ClN7O/c12-9-16-10(15-8-3-1-2-7(8)4-20)18-11(17-9)19-6-13-5-14-19/h5-8,20H,1-4H2,(H,15,16,17,18). The molecule has 8 nitrogen and oxygen atoms in total. The third-order valence-electron chi connectivity index (χ3n) is 3.43. The topological polar surface area (TPSA) is 102 Å². The third kappa shape index (κ3) is 2.70. The summed E-state index contributed by atoms with van der Waals surface area (Å²) in [7, 11) is 0. The van der Waals surface area contributed by atoms with E-state index in [0.29, 0.717) is 11.9 Å². The molecular weight excluding hydrogens is 282 g/mol. The minimum Gasteiger partial charge on any atom is -0.396 e. The van der Waals surface area contributed by atoms with Gasteiger partial charge in [-0.05, 0) is 24.4 Å². The quantitative estimate of drug-likeness (QED) is 0.855. The number of rotatable bonds is 4. The van der Waals surface area contributed by atoms with Crippen LogP contribution in [0.15, 0.2) is 12.7 Å². The van der Waals surface area contributed by atoms with E-state index < -0.39 is 0 Å². The Hall–Kier alpha value is -1.80. The van der Waals surface area contributed by atoms with Gasteiger partial charge in [0.1, 0.15) is 12.7 Å². The lowest BCUT2D eigenvalue weighted by atomic mass is 10.1. The minimum atomic E-state index is 0.0894. The van der Waals surface area contributed by atoms with E-state index >= 15 is 0 Å². The SMILES string of the molecule is OCC1CCCC1Nc1nc(Cl)nc(-n2cncn2)n1. The van der Waals surface area contributed by atoms with Gasteiger partial charge < -0.3 is 10.4 Å². The summed E-state index contributed by atoms with van der Waals surface area (Å²) in [5.41, 5.74) is 0. The molecule has 2 N–H and O–H groups in total. The van der Waals surface area contributed by atoms with Gasteiger partial charge >= 0.3 is 0 Å². The fourth-order valence-corrected chi connectivity index (χ4v) is 2.58. The van der Waals surface area contributed by atoms with E-state index in [0.717, 1.165) is 19.3 Å². The van der Waals surface area contributed by atoms with Gasteiger partial charge in [0, 0.05) is 18.6 Å². The molecule has 20 heavy (non-hydrogen) atoms. The number of anilines is 1. The Morgan fingerprint density at radius 2 is 2.25 bits per heavy atom. The lowest BCUT2D eigenvalue weighted by Gasteiger charge is -2.18. The first-order chi connectivity index (χ1) is 9.76. The third-order valence-corrected chi connectivity index (χ3v) is 3.60. The molecule has 0 amide bonds. The molecule has 1 aliphatic carbocycles. The first kappa shape index (κ1) is 13.2. The Balaban J connectivity index is 1.83. The van der Waals surface area contributed by atoms with Gasteiger partial charge in [0.25, 0.3) is 5.95 Å². The minimum absolute atomic E-state index is 0.0894. The van der Waals surface area contributed by atoms with E-state index in [1.807, 2.05) is 0 Å². The van der Waals surface area contributed by atoms with Crippen molar-refractivity contribution < 1.29 is 5.11 Å². The lowest BCUT2D eigenvalue weighted by molar-refractivity contribution is 0.222. The summed E-state index contributed by atoms with van der Waals surface area (Å²) in [6.07, 6.45) is 5.94. The van der Waals surface area contributed by atoms with Crippen LogP contribution in [0.5, 0.6) is 0 Å². The summed E-state index contributed by atoms with van der Waals surface area (Å²) < 4.78 is 1.41. The second kappa shape index (κ2) is 5.68. The highest BCUT2D eigenvalue weighted by Gasteiger charge is 2.27. The molecule has 0 aliphatic heterocycles. The van der Waals surface area contributed by atoms with E-state index in [1.165, 1.54) is 17.3 Å². The number of nitrogens with one attached hydrogen (secondary N) is 1.